The molecule has 28 heavy (non-hydrogen) atoms. The Hall–Kier alpha value is -2.45. The second-order valence-electron chi connectivity index (χ2n) is 6.09. The summed E-state index contributed by atoms with van der Waals surface area (Å²) in [5.74, 6) is -0.0501. The summed E-state index contributed by atoms with van der Waals surface area (Å²) in [4.78, 5) is 12.5. The van der Waals surface area contributed by atoms with E-state index in [9.17, 15) is 9.18 Å². The molecule has 3 aromatic rings. The number of anilines is 1. The number of nitrogens with zero attached hydrogens (tertiary/aromatic N) is 2. The van der Waals surface area contributed by atoms with Crippen molar-refractivity contribution in [3.63, 3.8) is 0 Å². The van der Waals surface area contributed by atoms with E-state index in [2.05, 4.69) is 40.6 Å². The molecule has 0 aliphatic rings. The Kier molecular flexibility index (Phi) is 7.00. The molecule has 146 valence electrons. The van der Waals surface area contributed by atoms with E-state index in [0.29, 0.717) is 11.6 Å². The molecule has 1 amide bonds. The molecule has 8 heteroatoms. The molecule has 0 aliphatic carbocycles. The van der Waals surface area contributed by atoms with Gasteiger partial charge in [-0.3, -0.25) is 10.1 Å². The number of amides is 1. The van der Waals surface area contributed by atoms with Gasteiger partial charge in [-0.1, -0.05) is 72.0 Å². The van der Waals surface area contributed by atoms with Crippen molar-refractivity contribution in [1.29, 1.82) is 0 Å². The number of carbonyl (C=O) groups excluding carboxylic acids is 1. The standard InChI is InChI=1S/C20H20FN3O2S2/c1-3-16(26-17-10-5-4-9-15(17)21)18(25)22-19-23-24-20(28-19)27-12-14-8-6-7-13(2)11-14/h4-11,16H,3,12H2,1-2H3,(H,22,23,25). The number of benzene rings is 2. The summed E-state index contributed by atoms with van der Waals surface area (Å²) in [6, 6.07) is 14.3. The first-order chi connectivity index (χ1) is 13.5. The summed E-state index contributed by atoms with van der Waals surface area (Å²) in [7, 11) is 0. The Labute approximate surface area is 171 Å². The van der Waals surface area contributed by atoms with Gasteiger partial charge in [-0.25, -0.2) is 4.39 Å². The third-order valence-electron chi connectivity index (χ3n) is 3.85. The lowest BCUT2D eigenvalue weighted by Crippen LogP contribution is -2.32. The summed E-state index contributed by atoms with van der Waals surface area (Å²) in [6.07, 6.45) is -0.419. The molecular formula is C20H20FN3O2S2. The number of thioether (sulfide) groups is 1. The maximum absolute atomic E-state index is 13.7. The van der Waals surface area contributed by atoms with Gasteiger partial charge in [-0.2, -0.15) is 0 Å². The van der Waals surface area contributed by atoms with Crippen molar-refractivity contribution in [2.45, 2.75) is 36.5 Å². The van der Waals surface area contributed by atoms with Gasteiger partial charge in [0.2, 0.25) is 5.13 Å². The maximum Gasteiger partial charge on any atom is 0.267 e. The topological polar surface area (TPSA) is 64.1 Å². The molecule has 1 aromatic heterocycles. The molecule has 0 spiro atoms. The number of para-hydroxylation sites is 1. The first-order valence-electron chi connectivity index (χ1n) is 8.79. The van der Waals surface area contributed by atoms with Crippen LogP contribution in [0.25, 0.3) is 0 Å². The monoisotopic (exact) mass is 417 g/mol. The van der Waals surface area contributed by atoms with E-state index in [1.54, 1.807) is 30.8 Å². The number of rotatable bonds is 8. The number of aromatic nitrogens is 2. The molecule has 2 aromatic carbocycles. The largest absolute Gasteiger partial charge is 0.478 e. The quantitative estimate of drug-likeness (QED) is 0.409. The molecule has 0 saturated heterocycles. The summed E-state index contributed by atoms with van der Waals surface area (Å²) in [6.45, 7) is 3.86. The van der Waals surface area contributed by atoms with Crippen LogP contribution in [0.2, 0.25) is 0 Å². The van der Waals surface area contributed by atoms with Gasteiger partial charge in [0, 0.05) is 5.75 Å². The highest BCUT2D eigenvalue weighted by atomic mass is 32.2. The van der Waals surface area contributed by atoms with Crippen molar-refractivity contribution in [2.75, 3.05) is 5.32 Å². The van der Waals surface area contributed by atoms with E-state index in [4.69, 9.17) is 4.74 Å². The highest BCUT2D eigenvalue weighted by molar-refractivity contribution is 8.00. The molecule has 1 N–H and O–H groups in total. The van der Waals surface area contributed by atoms with Crippen molar-refractivity contribution in [3.05, 3.63) is 65.5 Å². The lowest BCUT2D eigenvalue weighted by atomic mass is 10.2. The van der Waals surface area contributed by atoms with E-state index < -0.39 is 11.9 Å². The van der Waals surface area contributed by atoms with Crippen LogP contribution in [0.1, 0.15) is 24.5 Å². The lowest BCUT2D eigenvalue weighted by molar-refractivity contribution is -0.122. The third-order valence-corrected chi connectivity index (χ3v) is 5.89. The first-order valence-corrected chi connectivity index (χ1v) is 10.6. The minimum atomic E-state index is -0.816. The highest BCUT2D eigenvalue weighted by Crippen LogP contribution is 2.29. The van der Waals surface area contributed by atoms with Crippen LogP contribution in [-0.4, -0.2) is 22.2 Å². The van der Waals surface area contributed by atoms with Crippen LogP contribution >= 0.6 is 23.1 Å². The Bertz CT molecular complexity index is 948. The molecule has 1 atom stereocenters. The van der Waals surface area contributed by atoms with Crippen molar-refractivity contribution in [3.8, 4) is 5.75 Å². The average molecular weight is 418 g/mol. The van der Waals surface area contributed by atoms with Gasteiger partial charge in [0.1, 0.15) is 0 Å². The zero-order valence-corrected chi connectivity index (χ0v) is 17.1. The van der Waals surface area contributed by atoms with Crippen molar-refractivity contribution in [1.82, 2.24) is 10.2 Å². The Morgan fingerprint density at radius 1 is 1.25 bits per heavy atom. The number of aryl methyl sites for hydroxylation is 1. The molecule has 0 radical (unpaired) electrons. The van der Waals surface area contributed by atoms with Gasteiger partial charge >= 0.3 is 0 Å². The molecule has 0 aliphatic heterocycles. The number of hydrogen-bond donors (Lipinski definition) is 1. The third kappa shape index (κ3) is 5.53. The van der Waals surface area contributed by atoms with Crippen LogP contribution in [0.4, 0.5) is 9.52 Å². The molecule has 1 unspecified atom stereocenters. The van der Waals surface area contributed by atoms with Gasteiger partial charge in [0.05, 0.1) is 0 Å². The Morgan fingerprint density at radius 2 is 2.07 bits per heavy atom. The summed E-state index contributed by atoms with van der Waals surface area (Å²) < 4.78 is 20.0. The number of hydrogen-bond acceptors (Lipinski definition) is 6. The molecular weight excluding hydrogens is 397 g/mol. The van der Waals surface area contributed by atoms with E-state index in [0.717, 1.165) is 10.1 Å². The molecule has 1 heterocycles. The van der Waals surface area contributed by atoms with Gasteiger partial charge in [0.15, 0.2) is 22.0 Å². The van der Waals surface area contributed by atoms with Crippen LogP contribution < -0.4 is 10.1 Å². The normalized spacial score (nSPS) is 11.8. The summed E-state index contributed by atoms with van der Waals surface area (Å²) in [5, 5.41) is 11.2. The first kappa shape index (κ1) is 20.3. The van der Waals surface area contributed by atoms with Crippen LogP contribution in [0.15, 0.2) is 52.9 Å². The molecule has 0 bridgehead atoms. The van der Waals surface area contributed by atoms with Crippen molar-refractivity contribution < 1.29 is 13.9 Å². The highest BCUT2D eigenvalue weighted by Gasteiger charge is 2.21. The van der Waals surface area contributed by atoms with Gasteiger partial charge in [-0.05, 0) is 31.0 Å². The molecule has 0 saturated carbocycles. The predicted molar refractivity (Wildman–Crippen MR) is 110 cm³/mol. The SMILES string of the molecule is CCC(Oc1ccccc1F)C(=O)Nc1nnc(SCc2cccc(C)c2)s1. The van der Waals surface area contributed by atoms with E-state index in [-0.39, 0.29) is 11.7 Å². The Morgan fingerprint density at radius 3 is 2.82 bits per heavy atom. The minimum Gasteiger partial charge on any atom is -0.478 e. The van der Waals surface area contributed by atoms with E-state index in [1.807, 2.05) is 6.07 Å². The second kappa shape index (κ2) is 9.66. The smallest absolute Gasteiger partial charge is 0.267 e. The van der Waals surface area contributed by atoms with Crippen LogP contribution in [0, 0.1) is 12.7 Å². The zero-order valence-electron chi connectivity index (χ0n) is 15.5. The minimum absolute atomic E-state index is 0.0520. The Balaban J connectivity index is 1.57. The fourth-order valence-corrected chi connectivity index (χ4v) is 4.17. The number of carbonyl (C=O) groups is 1. The lowest BCUT2D eigenvalue weighted by Gasteiger charge is -2.16. The fraction of sp³-hybridized carbons (Fsp3) is 0.250. The molecule has 3 rings (SSSR count). The van der Waals surface area contributed by atoms with Crippen LogP contribution in [0.3, 0.4) is 0 Å². The van der Waals surface area contributed by atoms with Crippen molar-refractivity contribution >= 4 is 34.1 Å². The fourth-order valence-electron chi connectivity index (χ4n) is 2.47. The number of halogens is 1. The van der Waals surface area contributed by atoms with Gasteiger partial charge in [-0.15, -0.1) is 10.2 Å². The number of nitrogens with one attached hydrogen (secondary N) is 1. The average Bonchev–Trinajstić information content (AvgIpc) is 3.13. The molecule has 5 nitrogen and oxygen atoms in total. The van der Waals surface area contributed by atoms with Crippen LogP contribution in [-0.2, 0) is 10.5 Å². The van der Waals surface area contributed by atoms with Crippen LogP contribution in [0.5, 0.6) is 5.75 Å². The van der Waals surface area contributed by atoms with Gasteiger partial charge in [0.25, 0.3) is 5.91 Å². The summed E-state index contributed by atoms with van der Waals surface area (Å²) in [5.41, 5.74) is 2.42. The van der Waals surface area contributed by atoms with E-state index >= 15 is 0 Å². The number of ether oxygens (including phenoxy) is 1. The second-order valence-corrected chi connectivity index (χ2v) is 8.29. The maximum atomic E-state index is 13.7. The van der Waals surface area contributed by atoms with Crippen molar-refractivity contribution in [2.24, 2.45) is 0 Å². The van der Waals surface area contributed by atoms with Gasteiger partial charge < -0.3 is 4.74 Å². The van der Waals surface area contributed by atoms with E-state index in [1.165, 1.54) is 34.6 Å². The summed E-state index contributed by atoms with van der Waals surface area (Å²) >= 11 is 2.86. The zero-order chi connectivity index (χ0) is 19.9. The predicted octanol–water partition coefficient (Wildman–Crippen LogP) is 5.07. The molecule has 0 fully saturated rings.